The van der Waals surface area contributed by atoms with Crippen molar-refractivity contribution in [1.29, 1.82) is 0 Å². The maximum atomic E-state index is 6.07. The fourth-order valence-electron chi connectivity index (χ4n) is 3.12. The molecule has 19 heavy (non-hydrogen) atoms. The first-order valence-corrected chi connectivity index (χ1v) is 7.28. The molecule has 1 fully saturated rings. The van der Waals surface area contributed by atoms with Crippen LogP contribution in [-0.4, -0.2) is 16.6 Å². The van der Waals surface area contributed by atoms with Crippen molar-refractivity contribution in [1.82, 2.24) is 9.97 Å². The van der Waals surface area contributed by atoms with Crippen LogP contribution in [0.2, 0.25) is 0 Å². The van der Waals surface area contributed by atoms with Gasteiger partial charge in [0.2, 0.25) is 0 Å². The molecule has 2 aliphatic rings. The molecule has 2 heterocycles. The second-order valence-electron chi connectivity index (χ2n) is 6.63. The molecular weight excluding hydrogens is 238 g/mol. The van der Waals surface area contributed by atoms with E-state index >= 15 is 0 Å². The molecule has 0 atom stereocenters. The lowest BCUT2D eigenvalue weighted by molar-refractivity contribution is 0.109. The molecule has 0 spiro atoms. The first-order valence-electron chi connectivity index (χ1n) is 7.28. The molecule has 0 aromatic carbocycles. The average molecular weight is 261 g/mol. The average Bonchev–Trinajstić information content (AvgIpc) is 2.38. The number of anilines is 1. The van der Waals surface area contributed by atoms with Gasteiger partial charge in [0.15, 0.2) is 0 Å². The number of hydrogen-bond acceptors (Lipinski definition) is 4. The van der Waals surface area contributed by atoms with Gasteiger partial charge in [0.25, 0.3) is 0 Å². The predicted octanol–water partition coefficient (Wildman–Crippen LogP) is 2.82. The van der Waals surface area contributed by atoms with Crippen molar-refractivity contribution in [3.05, 3.63) is 17.1 Å². The van der Waals surface area contributed by atoms with Gasteiger partial charge in [-0.15, -0.1) is 0 Å². The minimum Gasteiger partial charge on any atom is -0.383 e. The Labute approximate surface area is 114 Å². The fraction of sp³-hybridized carbons (Fsp3) is 0.733. The third-order valence-corrected chi connectivity index (χ3v) is 4.58. The smallest absolute Gasteiger partial charge is 0.134 e. The number of nitrogens with two attached hydrogens (primary N) is 1. The van der Waals surface area contributed by atoms with E-state index in [2.05, 4.69) is 18.8 Å². The number of rotatable bonds is 1. The summed E-state index contributed by atoms with van der Waals surface area (Å²) >= 11 is 0. The van der Waals surface area contributed by atoms with E-state index in [4.69, 9.17) is 15.5 Å². The SMILES string of the molecule is CC1(C)CCC(c2nc(N)c3c(n2)CCOC3)CC1. The number of hydrogen-bond donors (Lipinski definition) is 1. The van der Waals surface area contributed by atoms with Crippen molar-refractivity contribution in [3.8, 4) is 0 Å². The first-order chi connectivity index (χ1) is 9.05. The van der Waals surface area contributed by atoms with E-state index in [-0.39, 0.29) is 0 Å². The summed E-state index contributed by atoms with van der Waals surface area (Å²) in [6, 6.07) is 0. The second kappa shape index (κ2) is 4.75. The topological polar surface area (TPSA) is 61.0 Å². The Hall–Kier alpha value is -1.16. The predicted molar refractivity (Wildman–Crippen MR) is 74.8 cm³/mol. The normalized spacial score (nSPS) is 23.1. The largest absolute Gasteiger partial charge is 0.383 e. The lowest BCUT2D eigenvalue weighted by Crippen LogP contribution is -2.23. The van der Waals surface area contributed by atoms with Gasteiger partial charge in [-0.25, -0.2) is 9.97 Å². The zero-order valence-corrected chi connectivity index (χ0v) is 11.9. The minimum atomic E-state index is 0.476. The summed E-state index contributed by atoms with van der Waals surface area (Å²) in [4.78, 5) is 9.32. The van der Waals surface area contributed by atoms with Crippen LogP contribution in [0, 0.1) is 5.41 Å². The van der Waals surface area contributed by atoms with Crippen LogP contribution in [0.1, 0.15) is 62.5 Å². The van der Waals surface area contributed by atoms with E-state index < -0.39 is 0 Å². The summed E-state index contributed by atoms with van der Waals surface area (Å²) < 4.78 is 5.43. The Morgan fingerprint density at radius 3 is 2.68 bits per heavy atom. The number of nitrogens with zero attached hydrogens (tertiary/aromatic N) is 2. The Morgan fingerprint density at radius 1 is 1.21 bits per heavy atom. The molecular formula is C15H23N3O. The molecule has 4 heteroatoms. The van der Waals surface area contributed by atoms with E-state index in [1.807, 2.05) is 0 Å². The van der Waals surface area contributed by atoms with E-state index in [0.717, 1.165) is 30.1 Å². The molecule has 1 aromatic rings. The van der Waals surface area contributed by atoms with E-state index in [1.54, 1.807) is 0 Å². The zero-order valence-electron chi connectivity index (χ0n) is 11.9. The van der Waals surface area contributed by atoms with Crippen molar-refractivity contribution in [2.24, 2.45) is 5.41 Å². The number of fused-ring (bicyclic) bond motifs is 1. The molecule has 0 unspecified atom stereocenters. The molecule has 1 aliphatic carbocycles. The highest BCUT2D eigenvalue weighted by molar-refractivity contribution is 5.43. The number of aromatic nitrogens is 2. The monoisotopic (exact) mass is 261 g/mol. The second-order valence-corrected chi connectivity index (χ2v) is 6.63. The lowest BCUT2D eigenvalue weighted by Gasteiger charge is -2.34. The van der Waals surface area contributed by atoms with Crippen molar-refractivity contribution in [2.75, 3.05) is 12.3 Å². The molecule has 0 amide bonds. The van der Waals surface area contributed by atoms with Gasteiger partial charge in [0, 0.05) is 17.9 Å². The van der Waals surface area contributed by atoms with Gasteiger partial charge in [-0.1, -0.05) is 13.8 Å². The van der Waals surface area contributed by atoms with Crippen LogP contribution in [0.3, 0.4) is 0 Å². The van der Waals surface area contributed by atoms with Crippen LogP contribution in [0.15, 0.2) is 0 Å². The lowest BCUT2D eigenvalue weighted by atomic mass is 9.73. The van der Waals surface area contributed by atoms with Crippen LogP contribution >= 0.6 is 0 Å². The minimum absolute atomic E-state index is 0.476. The molecule has 2 N–H and O–H groups in total. The maximum Gasteiger partial charge on any atom is 0.134 e. The molecule has 1 saturated carbocycles. The summed E-state index contributed by atoms with van der Waals surface area (Å²) in [5.41, 5.74) is 8.66. The van der Waals surface area contributed by atoms with Crippen LogP contribution in [-0.2, 0) is 17.8 Å². The van der Waals surface area contributed by atoms with E-state index in [9.17, 15) is 0 Å². The zero-order chi connectivity index (χ0) is 13.5. The number of ether oxygens (including phenoxy) is 1. The molecule has 1 aromatic heterocycles. The summed E-state index contributed by atoms with van der Waals surface area (Å²) in [7, 11) is 0. The Kier molecular flexibility index (Phi) is 3.21. The van der Waals surface area contributed by atoms with Crippen LogP contribution in [0.5, 0.6) is 0 Å². The molecule has 0 radical (unpaired) electrons. The molecule has 104 valence electrons. The highest BCUT2D eigenvalue weighted by Crippen LogP contribution is 2.41. The molecule has 1 aliphatic heterocycles. The standard InChI is InChI=1S/C15H23N3O/c1-15(2)6-3-10(4-7-15)14-17-12-5-8-19-9-11(12)13(16)18-14/h10H,3-9H2,1-2H3,(H2,16,17,18). The summed E-state index contributed by atoms with van der Waals surface area (Å²) in [6.07, 6.45) is 5.74. The molecule has 0 bridgehead atoms. The van der Waals surface area contributed by atoms with Gasteiger partial charge in [-0.2, -0.15) is 0 Å². The van der Waals surface area contributed by atoms with Crippen molar-refractivity contribution >= 4 is 5.82 Å². The first kappa shape index (κ1) is 12.9. The van der Waals surface area contributed by atoms with E-state index in [1.165, 1.54) is 25.7 Å². The van der Waals surface area contributed by atoms with Gasteiger partial charge in [-0.05, 0) is 31.1 Å². The summed E-state index contributed by atoms with van der Waals surface area (Å²) in [5, 5.41) is 0. The molecule has 4 nitrogen and oxygen atoms in total. The Bertz CT molecular complexity index is 475. The molecule has 3 rings (SSSR count). The van der Waals surface area contributed by atoms with Gasteiger partial charge < -0.3 is 10.5 Å². The number of nitrogen functional groups attached to an aromatic ring is 1. The van der Waals surface area contributed by atoms with Crippen molar-refractivity contribution in [3.63, 3.8) is 0 Å². The highest BCUT2D eigenvalue weighted by atomic mass is 16.5. The van der Waals surface area contributed by atoms with Crippen LogP contribution in [0.4, 0.5) is 5.82 Å². The Morgan fingerprint density at radius 2 is 1.95 bits per heavy atom. The van der Waals surface area contributed by atoms with E-state index in [0.29, 0.717) is 23.8 Å². The quantitative estimate of drug-likeness (QED) is 0.844. The third kappa shape index (κ3) is 2.59. The summed E-state index contributed by atoms with van der Waals surface area (Å²) in [5.74, 6) is 2.08. The van der Waals surface area contributed by atoms with Crippen LogP contribution in [0.25, 0.3) is 0 Å². The maximum absolute atomic E-state index is 6.07. The van der Waals surface area contributed by atoms with Crippen molar-refractivity contribution < 1.29 is 4.74 Å². The van der Waals surface area contributed by atoms with Gasteiger partial charge in [-0.3, -0.25) is 0 Å². The van der Waals surface area contributed by atoms with Gasteiger partial charge >= 0.3 is 0 Å². The van der Waals surface area contributed by atoms with Gasteiger partial charge in [0.05, 0.1) is 18.9 Å². The van der Waals surface area contributed by atoms with Gasteiger partial charge in [0.1, 0.15) is 11.6 Å². The van der Waals surface area contributed by atoms with Crippen molar-refractivity contribution in [2.45, 2.75) is 58.5 Å². The van der Waals surface area contributed by atoms with Crippen LogP contribution < -0.4 is 5.73 Å². The Balaban J connectivity index is 1.84. The highest BCUT2D eigenvalue weighted by Gasteiger charge is 2.30. The summed E-state index contributed by atoms with van der Waals surface area (Å²) in [6.45, 7) is 6.02. The fourth-order valence-corrected chi connectivity index (χ4v) is 3.12. The third-order valence-electron chi connectivity index (χ3n) is 4.58. The molecule has 0 saturated heterocycles.